The Bertz CT molecular complexity index is 2710. The third-order valence-corrected chi connectivity index (χ3v) is 10.2. The Balaban J connectivity index is 1.37. The third-order valence-electron chi connectivity index (χ3n) is 10.2. The van der Waals surface area contributed by atoms with Crippen molar-refractivity contribution in [3.8, 4) is 73.3 Å². The summed E-state index contributed by atoms with van der Waals surface area (Å²) in [5.74, 6) is -4.07. The minimum atomic E-state index is -0.982. The number of hydrogen-bond donors (Lipinski definition) is 5. The molecule has 5 N–H and O–H groups in total. The Hall–Kier alpha value is -6.66. The molecule has 0 bridgehead atoms. The summed E-state index contributed by atoms with van der Waals surface area (Å²) in [6.07, 6.45) is 4.79. The zero-order valence-corrected chi connectivity index (χ0v) is 27.6. The average molecular weight is 669 g/mol. The van der Waals surface area contributed by atoms with Gasteiger partial charge in [0.1, 0.15) is 11.2 Å². The van der Waals surface area contributed by atoms with Gasteiger partial charge < -0.3 is 29.9 Å². The molecule has 0 amide bonds. The molecule has 1 aromatic heterocycles. The zero-order chi connectivity index (χ0) is 35.0. The molecule has 9 rings (SSSR count). The number of furan rings is 1. The van der Waals surface area contributed by atoms with Crippen molar-refractivity contribution in [2.75, 3.05) is 0 Å². The van der Waals surface area contributed by atoms with Gasteiger partial charge in [0.15, 0.2) is 11.5 Å². The lowest BCUT2D eigenvalue weighted by atomic mass is 9.77. The zero-order valence-electron chi connectivity index (χ0n) is 27.6. The van der Waals surface area contributed by atoms with Crippen molar-refractivity contribution >= 4 is 38.8 Å². The SMILES string of the molecule is CC1C=Cc2c(c(-c3c(O)c(O)c(O)c(O)c3O)c3ccccc3c2-c2cccc(-c3c(-c4ccccc4)ccc4oc5ccccc5c34)c2)C1. The highest BCUT2D eigenvalue weighted by Crippen LogP contribution is 2.58. The fourth-order valence-corrected chi connectivity index (χ4v) is 7.88. The average Bonchev–Trinajstić information content (AvgIpc) is 3.55. The van der Waals surface area contributed by atoms with Crippen molar-refractivity contribution < 1.29 is 29.9 Å². The van der Waals surface area contributed by atoms with Crippen LogP contribution in [0.1, 0.15) is 18.1 Å². The predicted molar refractivity (Wildman–Crippen MR) is 203 cm³/mol. The molecule has 1 heterocycles. The number of allylic oxidation sites excluding steroid dienone is 1. The topological polar surface area (TPSA) is 114 Å². The summed E-state index contributed by atoms with van der Waals surface area (Å²) in [4.78, 5) is 0. The molecule has 7 aromatic carbocycles. The molecular weight excluding hydrogens is 636 g/mol. The van der Waals surface area contributed by atoms with Gasteiger partial charge in [0.2, 0.25) is 17.2 Å². The molecule has 1 aliphatic rings. The van der Waals surface area contributed by atoms with E-state index < -0.39 is 28.7 Å². The van der Waals surface area contributed by atoms with Crippen LogP contribution in [0.2, 0.25) is 0 Å². The molecular formula is C45H32O6. The van der Waals surface area contributed by atoms with Crippen molar-refractivity contribution in [1.29, 1.82) is 0 Å². The molecule has 8 aromatic rings. The van der Waals surface area contributed by atoms with Gasteiger partial charge in [-0.3, -0.25) is 0 Å². The van der Waals surface area contributed by atoms with Crippen LogP contribution in [0.4, 0.5) is 0 Å². The van der Waals surface area contributed by atoms with E-state index in [9.17, 15) is 25.5 Å². The first kappa shape index (κ1) is 30.4. The lowest BCUT2D eigenvalue weighted by Crippen LogP contribution is -2.08. The maximum atomic E-state index is 11.2. The molecule has 1 atom stereocenters. The van der Waals surface area contributed by atoms with E-state index in [1.807, 2.05) is 66.7 Å². The maximum absolute atomic E-state index is 11.2. The lowest BCUT2D eigenvalue weighted by molar-refractivity contribution is 0.330. The van der Waals surface area contributed by atoms with Gasteiger partial charge in [-0.05, 0) is 80.3 Å². The van der Waals surface area contributed by atoms with Gasteiger partial charge >= 0.3 is 0 Å². The van der Waals surface area contributed by atoms with E-state index in [1.54, 1.807) is 0 Å². The molecule has 0 saturated heterocycles. The monoisotopic (exact) mass is 668 g/mol. The molecule has 0 spiro atoms. The first-order valence-corrected chi connectivity index (χ1v) is 16.9. The number of phenols is 5. The second kappa shape index (κ2) is 11.5. The van der Waals surface area contributed by atoms with Crippen molar-refractivity contribution in [1.82, 2.24) is 0 Å². The Morgan fingerprint density at radius 1 is 0.510 bits per heavy atom. The Morgan fingerprint density at radius 3 is 1.82 bits per heavy atom. The first-order valence-electron chi connectivity index (χ1n) is 16.9. The van der Waals surface area contributed by atoms with Gasteiger partial charge in [0.25, 0.3) is 0 Å². The van der Waals surface area contributed by atoms with E-state index in [0.29, 0.717) is 17.4 Å². The summed E-state index contributed by atoms with van der Waals surface area (Å²) in [7, 11) is 0. The highest BCUT2D eigenvalue weighted by molar-refractivity contribution is 6.17. The number of aromatic hydroxyl groups is 5. The van der Waals surface area contributed by atoms with Crippen molar-refractivity contribution in [2.45, 2.75) is 13.3 Å². The number of fused-ring (bicyclic) bond motifs is 5. The van der Waals surface area contributed by atoms with Crippen LogP contribution in [-0.2, 0) is 6.42 Å². The second-order valence-electron chi connectivity index (χ2n) is 13.3. The number of phenolic OH excluding ortho intramolecular Hbond substituents is 5. The summed E-state index contributed by atoms with van der Waals surface area (Å²) in [5.41, 5.74) is 9.93. The van der Waals surface area contributed by atoms with E-state index in [1.165, 1.54) is 0 Å². The Kier molecular flexibility index (Phi) is 6.83. The summed E-state index contributed by atoms with van der Waals surface area (Å²) in [6.45, 7) is 2.09. The fraction of sp³-hybridized carbons (Fsp3) is 0.0667. The largest absolute Gasteiger partial charge is 0.504 e. The van der Waals surface area contributed by atoms with Gasteiger partial charge in [0.05, 0.1) is 5.56 Å². The molecule has 0 aliphatic heterocycles. The normalized spacial score (nSPS) is 14.0. The van der Waals surface area contributed by atoms with E-state index in [-0.39, 0.29) is 11.5 Å². The third kappa shape index (κ3) is 4.57. The number of hydrogen-bond acceptors (Lipinski definition) is 6. The molecule has 248 valence electrons. The van der Waals surface area contributed by atoms with Gasteiger partial charge in [-0.25, -0.2) is 0 Å². The second-order valence-corrected chi connectivity index (χ2v) is 13.3. The number of rotatable bonds is 4. The number of benzene rings is 7. The number of para-hydroxylation sites is 1. The smallest absolute Gasteiger partial charge is 0.208 e. The Morgan fingerprint density at radius 2 is 1.10 bits per heavy atom. The summed E-state index contributed by atoms with van der Waals surface area (Å²) in [6, 6.07) is 38.9. The van der Waals surface area contributed by atoms with Crippen LogP contribution in [-0.4, -0.2) is 25.5 Å². The van der Waals surface area contributed by atoms with E-state index in [0.717, 1.165) is 71.8 Å². The molecule has 0 fully saturated rings. The van der Waals surface area contributed by atoms with Crippen LogP contribution in [0.25, 0.3) is 83.3 Å². The van der Waals surface area contributed by atoms with E-state index in [4.69, 9.17) is 4.42 Å². The Labute approximate surface area is 293 Å². The van der Waals surface area contributed by atoms with Crippen molar-refractivity contribution in [3.05, 3.63) is 132 Å². The fourth-order valence-electron chi connectivity index (χ4n) is 7.88. The van der Waals surface area contributed by atoms with Gasteiger partial charge in [0, 0.05) is 21.9 Å². The van der Waals surface area contributed by atoms with Crippen LogP contribution < -0.4 is 0 Å². The van der Waals surface area contributed by atoms with Crippen LogP contribution in [0.15, 0.2) is 126 Å². The maximum Gasteiger partial charge on any atom is 0.208 e. The summed E-state index contributed by atoms with van der Waals surface area (Å²) in [5, 5.41) is 57.4. The van der Waals surface area contributed by atoms with E-state index >= 15 is 0 Å². The predicted octanol–water partition coefficient (Wildman–Crippen LogP) is 11.1. The molecule has 0 saturated carbocycles. The molecule has 0 radical (unpaired) electrons. The lowest BCUT2D eigenvalue weighted by Gasteiger charge is -2.27. The van der Waals surface area contributed by atoms with Gasteiger partial charge in [-0.15, -0.1) is 0 Å². The van der Waals surface area contributed by atoms with Crippen molar-refractivity contribution in [2.24, 2.45) is 5.92 Å². The van der Waals surface area contributed by atoms with Gasteiger partial charge in [-0.2, -0.15) is 0 Å². The quantitative estimate of drug-likeness (QED) is 0.0942. The first-order chi connectivity index (χ1) is 24.8. The van der Waals surface area contributed by atoms with Gasteiger partial charge in [-0.1, -0.05) is 116 Å². The van der Waals surface area contributed by atoms with Crippen LogP contribution in [0.3, 0.4) is 0 Å². The minimum absolute atomic E-state index is 0.126. The summed E-state index contributed by atoms with van der Waals surface area (Å²) >= 11 is 0. The van der Waals surface area contributed by atoms with Crippen LogP contribution >= 0.6 is 0 Å². The minimum Gasteiger partial charge on any atom is -0.504 e. The van der Waals surface area contributed by atoms with Crippen LogP contribution in [0, 0.1) is 5.92 Å². The molecule has 6 nitrogen and oxygen atoms in total. The van der Waals surface area contributed by atoms with Crippen LogP contribution in [0.5, 0.6) is 28.7 Å². The molecule has 51 heavy (non-hydrogen) atoms. The summed E-state index contributed by atoms with van der Waals surface area (Å²) < 4.78 is 6.36. The van der Waals surface area contributed by atoms with E-state index in [2.05, 4.69) is 67.6 Å². The molecule has 6 heteroatoms. The molecule has 1 unspecified atom stereocenters. The molecule has 1 aliphatic carbocycles. The standard InChI is InChI=1S/C45H32O6/c1-24-18-19-31-33(22-24)38(40-41(46)43(48)45(50)44(49)42(40)47)30-15-6-5-14-29(30)36(31)26-12-9-13-27(23-26)37-28(25-10-3-2-4-11-25)20-21-35-39(37)32-16-7-8-17-34(32)51-35/h2-21,23-24,46-50H,22H2,1H3. The highest BCUT2D eigenvalue weighted by atomic mass is 16.4. The van der Waals surface area contributed by atoms with Crippen molar-refractivity contribution in [3.63, 3.8) is 0 Å². The highest BCUT2D eigenvalue weighted by Gasteiger charge is 2.31.